The van der Waals surface area contributed by atoms with Crippen LogP contribution in [0.2, 0.25) is 0 Å². The number of nitrogens with one attached hydrogen (secondary N) is 1. The van der Waals surface area contributed by atoms with Crippen LogP contribution in [0.15, 0.2) is 30.3 Å². The summed E-state index contributed by atoms with van der Waals surface area (Å²) >= 11 is 0. The van der Waals surface area contributed by atoms with E-state index in [-0.39, 0.29) is 11.8 Å². The quantitative estimate of drug-likeness (QED) is 0.869. The Morgan fingerprint density at radius 3 is 2.89 bits per heavy atom. The van der Waals surface area contributed by atoms with Gasteiger partial charge in [0.15, 0.2) is 0 Å². The summed E-state index contributed by atoms with van der Waals surface area (Å²) in [6.45, 7) is 5.37. The first-order valence-electron chi connectivity index (χ1n) is 9.64. The normalized spacial score (nSPS) is 27.2. The molecule has 2 N–H and O–H groups in total. The maximum atomic E-state index is 12.9. The lowest BCUT2D eigenvalue weighted by Gasteiger charge is -2.31. The van der Waals surface area contributed by atoms with Gasteiger partial charge < -0.3 is 14.7 Å². The number of H-pyrrole nitrogens is 1. The maximum absolute atomic E-state index is 12.9. The first kappa shape index (κ1) is 18.0. The Morgan fingerprint density at radius 2 is 2.19 bits per heavy atom. The van der Waals surface area contributed by atoms with E-state index in [4.69, 9.17) is 4.74 Å². The van der Waals surface area contributed by atoms with Crippen molar-refractivity contribution in [1.82, 2.24) is 15.1 Å². The monoisotopic (exact) mass is 369 g/mol. The van der Waals surface area contributed by atoms with Gasteiger partial charge in [-0.2, -0.15) is 5.10 Å². The van der Waals surface area contributed by atoms with Crippen LogP contribution < -0.4 is 4.74 Å². The lowest BCUT2D eigenvalue weighted by Crippen LogP contribution is -2.36. The van der Waals surface area contributed by atoms with Gasteiger partial charge in [-0.3, -0.25) is 9.89 Å². The molecule has 1 aliphatic carbocycles. The number of likely N-dealkylation sites (tertiary alicyclic amines) is 1. The minimum Gasteiger partial charge on any atom is -0.497 e. The van der Waals surface area contributed by atoms with Crippen LogP contribution in [0.1, 0.15) is 54.4 Å². The molecule has 2 aromatic rings. The highest BCUT2D eigenvalue weighted by Gasteiger charge is 2.53. The number of ether oxygens (including phenoxy) is 1. The first-order valence-corrected chi connectivity index (χ1v) is 9.64. The van der Waals surface area contributed by atoms with Crippen molar-refractivity contribution < 1.29 is 14.6 Å². The third-order valence-electron chi connectivity index (χ3n) is 6.25. The summed E-state index contributed by atoms with van der Waals surface area (Å²) in [4.78, 5) is 14.8. The van der Waals surface area contributed by atoms with Crippen molar-refractivity contribution in [3.05, 3.63) is 47.3 Å². The number of fused-ring (bicyclic) bond motifs is 1. The van der Waals surface area contributed by atoms with E-state index in [0.717, 1.165) is 29.8 Å². The fourth-order valence-corrected chi connectivity index (χ4v) is 4.62. The molecule has 2 aliphatic rings. The number of carbonyl (C=O) groups excluding carboxylic acids is 1. The zero-order valence-electron chi connectivity index (χ0n) is 16.1. The summed E-state index contributed by atoms with van der Waals surface area (Å²) in [5.41, 5.74) is 1.39. The van der Waals surface area contributed by atoms with Crippen LogP contribution in [-0.4, -0.2) is 46.3 Å². The topological polar surface area (TPSA) is 78.5 Å². The summed E-state index contributed by atoms with van der Waals surface area (Å²) in [6.07, 6.45) is 1.64. The Kier molecular flexibility index (Phi) is 4.46. The van der Waals surface area contributed by atoms with Crippen molar-refractivity contribution in [3.63, 3.8) is 0 Å². The molecule has 1 aromatic heterocycles. The average Bonchev–Trinajstić information content (AvgIpc) is 3.38. The molecule has 1 aliphatic heterocycles. The molecule has 4 rings (SSSR count). The Labute approximate surface area is 159 Å². The standard InChI is InChI=1S/C21H27N3O3/c1-13(2)18-10-19(23-22-18)20(25)24-11-14-7-8-21(26,17(14)12-24)15-5-4-6-16(9-15)27-3/h4-6,9-10,13-14,17,26H,7-8,11-12H2,1-3H3,(H,22,23)/t14-,17+,21+/m1/s1. The van der Waals surface area contributed by atoms with Crippen LogP contribution in [0, 0.1) is 11.8 Å². The zero-order chi connectivity index (χ0) is 19.2. The van der Waals surface area contributed by atoms with Gasteiger partial charge in [-0.15, -0.1) is 0 Å². The van der Waals surface area contributed by atoms with Crippen molar-refractivity contribution in [2.24, 2.45) is 11.8 Å². The predicted octanol–water partition coefficient (Wildman–Crippen LogP) is 2.91. The lowest BCUT2D eigenvalue weighted by molar-refractivity contribution is -0.00607. The van der Waals surface area contributed by atoms with Crippen molar-refractivity contribution in [1.29, 1.82) is 0 Å². The fourth-order valence-electron chi connectivity index (χ4n) is 4.62. The van der Waals surface area contributed by atoms with Crippen molar-refractivity contribution >= 4 is 5.91 Å². The fraction of sp³-hybridized carbons (Fsp3) is 0.524. The summed E-state index contributed by atoms with van der Waals surface area (Å²) in [5, 5.41) is 18.6. The Morgan fingerprint density at radius 1 is 1.37 bits per heavy atom. The van der Waals surface area contributed by atoms with Crippen LogP contribution in [0.5, 0.6) is 5.75 Å². The molecule has 144 valence electrons. The van der Waals surface area contributed by atoms with Gasteiger partial charge >= 0.3 is 0 Å². The zero-order valence-corrected chi connectivity index (χ0v) is 16.1. The number of rotatable bonds is 4. The molecule has 3 atom stereocenters. The molecule has 0 radical (unpaired) electrons. The van der Waals surface area contributed by atoms with E-state index in [9.17, 15) is 9.90 Å². The molecular formula is C21H27N3O3. The van der Waals surface area contributed by atoms with Gasteiger partial charge in [-0.25, -0.2) is 0 Å². The number of benzene rings is 1. The molecule has 0 unspecified atom stereocenters. The summed E-state index contributed by atoms with van der Waals surface area (Å²) in [5.74, 6) is 1.34. The smallest absolute Gasteiger partial charge is 0.274 e. The maximum Gasteiger partial charge on any atom is 0.274 e. The van der Waals surface area contributed by atoms with Gasteiger partial charge in [0.2, 0.25) is 0 Å². The Bertz CT molecular complexity index is 847. The van der Waals surface area contributed by atoms with E-state index in [1.165, 1.54) is 0 Å². The third kappa shape index (κ3) is 3.02. The van der Waals surface area contributed by atoms with Crippen LogP contribution in [-0.2, 0) is 5.60 Å². The van der Waals surface area contributed by atoms with E-state index in [1.807, 2.05) is 35.2 Å². The minimum atomic E-state index is -0.914. The molecule has 1 saturated heterocycles. The van der Waals surface area contributed by atoms with E-state index in [0.29, 0.717) is 30.6 Å². The lowest BCUT2D eigenvalue weighted by atomic mass is 9.82. The molecule has 2 heterocycles. The van der Waals surface area contributed by atoms with Gasteiger partial charge in [0.25, 0.3) is 5.91 Å². The van der Waals surface area contributed by atoms with E-state index < -0.39 is 5.60 Å². The van der Waals surface area contributed by atoms with Crippen molar-refractivity contribution in [2.45, 2.75) is 38.2 Å². The van der Waals surface area contributed by atoms with Crippen molar-refractivity contribution in [2.75, 3.05) is 20.2 Å². The SMILES string of the molecule is COc1cccc([C@@]2(O)CC[C@@H]3CN(C(=O)c4cc(C(C)C)[nH]n4)C[C@@H]32)c1. The second-order valence-electron chi connectivity index (χ2n) is 8.13. The number of aromatic amines is 1. The molecule has 27 heavy (non-hydrogen) atoms. The van der Waals surface area contributed by atoms with Gasteiger partial charge in [-0.1, -0.05) is 26.0 Å². The number of hydrogen-bond acceptors (Lipinski definition) is 4. The Balaban J connectivity index is 1.54. The summed E-state index contributed by atoms with van der Waals surface area (Å²) in [6, 6.07) is 9.50. The molecule has 1 aromatic carbocycles. The summed E-state index contributed by atoms with van der Waals surface area (Å²) < 4.78 is 5.32. The van der Waals surface area contributed by atoms with Gasteiger partial charge in [0.1, 0.15) is 11.4 Å². The van der Waals surface area contributed by atoms with E-state index >= 15 is 0 Å². The molecule has 0 spiro atoms. The highest BCUT2D eigenvalue weighted by Crippen LogP contribution is 2.51. The summed E-state index contributed by atoms with van der Waals surface area (Å²) in [7, 11) is 1.63. The van der Waals surface area contributed by atoms with Gasteiger partial charge in [-0.05, 0) is 48.4 Å². The molecule has 1 saturated carbocycles. The number of carbonyl (C=O) groups is 1. The number of methoxy groups -OCH3 is 1. The highest BCUT2D eigenvalue weighted by atomic mass is 16.5. The third-order valence-corrected chi connectivity index (χ3v) is 6.25. The second-order valence-corrected chi connectivity index (χ2v) is 8.13. The number of hydrogen-bond donors (Lipinski definition) is 2. The highest BCUT2D eigenvalue weighted by molar-refractivity contribution is 5.92. The minimum absolute atomic E-state index is 0.0390. The number of nitrogens with zero attached hydrogens (tertiary/aromatic N) is 2. The average molecular weight is 369 g/mol. The first-order chi connectivity index (χ1) is 12.9. The molecule has 1 amide bonds. The number of aromatic nitrogens is 2. The van der Waals surface area contributed by atoms with Gasteiger partial charge in [0, 0.05) is 24.7 Å². The van der Waals surface area contributed by atoms with Crippen LogP contribution in [0.4, 0.5) is 0 Å². The molecular weight excluding hydrogens is 342 g/mol. The number of aliphatic hydroxyl groups is 1. The van der Waals surface area contributed by atoms with Gasteiger partial charge in [0.05, 0.1) is 12.7 Å². The predicted molar refractivity (Wildman–Crippen MR) is 102 cm³/mol. The molecule has 6 heteroatoms. The van der Waals surface area contributed by atoms with E-state index in [1.54, 1.807) is 7.11 Å². The Hall–Kier alpha value is -2.34. The second kappa shape index (κ2) is 6.68. The van der Waals surface area contributed by atoms with Crippen molar-refractivity contribution in [3.8, 4) is 5.75 Å². The van der Waals surface area contributed by atoms with E-state index in [2.05, 4.69) is 24.0 Å². The van der Waals surface area contributed by atoms with Crippen LogP contribution >= 0.6 is 0 Å². The molecule has 2 fully saturated rings. The van der Waals surface area contributed by atoms with Crippen LogP contribution in [0.25, 0.3) is 0 Å². The van der Waals surface area contributed by atoms with Crippen LogP contribution in [0.3, 0.4) is 0 Å². The number of amides is 1. The molecule has 0 bridgehead atoms. The molecule has 6 nitrogen and oxygen atoms in total. The largest absolute Gasteiger partial charge is 0.497 e.